The monoisotopic (exact) mass is 522 g/mol. The number of carbonyl (C=O) groups excluding carboxylic acids is 2. The van der Waals surface area contributed by atoms with E-state index in [0.717, 1.165) is 17.3 Å². The van der Waals surface area contributed by atoms with Crippen molar-refractivity contribution >= 4 is 43.5 Å². The van der Waals surface area contributed by atoms with Gasteiger partial charge in [-0.05, 0) is 67.8 Å². The average Bonchev–Trinajstić information content (AvgIpc) is 2.80. The summed E-state index contributed by atoms with van der Waals surface area (Å²) in [5, 5.41) is 2.83. The minimum atomic E-state index is -3.66. The molecule has 9 heteroatoms. The Morgan fingerprint density at radius 1 is 1.12 bits per heavy atom. The molecule has 7 nitrogen and oxygen atoms in total. The number of nitrogens with zero attached hydrogens (tertiary/aromatic N) is 1. The topological polar surface area (TPSA) is 92.8 Å². The maximum absolute atomic E-state index is 13.0. The summed E-state index contributed by atoms with van der Waals surface area (Å²) < 4.78 is 33.3. The molecule has 0 unspecified atom stereocenters. The number of unbranched alkanes of at least 4 members (excludes halogenated alkanes) is 1. The summed E-state index contributed by atoms with van der Waals surface area (Å²) in [7, 11) is -3.66. The van der Waals surface area contributed by atoms with E-state index in [9.17, 15) is 18.0 Å². The summed E-state index contributed by atoms with van der Waals surface area (Å²) in [6, 6.07) is 13.0. The van der Waals surface area contributed by atoms with E-state index < -0.39 is 21.9 Å². The molecule has 0 radical (unpaired) electrons. The minimum Gasteiger partial charge on any atom is -0.462 e. The van der Waals surface area contributed by atoms with Gasteiger partial charge < -0.3 is 10.1 Å². The van der Waals surface area contributed by atoms with Gasteiger partial charge in [-0.15, -0.1) is 0 Å². The molecule has 1 atom stereocenters. The van der Waals surface area contributed by atoms with Crippen molar-refractivity contribution in [2.75, 3.05) is 25.0 Å². The van der Waals surface area contributed by atoms with Crippen molar-refractivity contribution in [3.05, 3.63) is 58.6 Å². The number of hydrogen-bond donors (Lipinski definition) is 1. The fraction of sp³-hybridized carbons (Fsp3) is 0.391. The van der Waals surface area contributed by atoms with Crippen LogP contribution < -0.4 is 5.32 Å². The molecular weight excluding hydrogens is 496 g/mol. The normalized spacial score (nSPS) is 17.0. The van der Waals surface area contributed by atoms with Gasteiger partial charge in [0.05, 0.1) is 23.0 Å². The Balaban J connectivity index is 1.60. The van der Waals surface area contributed by atoms with E-state index in [1.54, 1.807) is 48.5 Å². The van der Waals surface area contributed by atoms with Gasteiger partial charge in [-0.25, -0.2) is 13.2 Å². The van der Waals surface area contributed by atoms with Crippen molar-refractivity contribution in [2.45, 2.75) is 37.5 Å². The van der Waals surface area contributed by atoms with Gasteiger partial charge in [-0.3, -0.25) is 4.79 Å². The Bertz CT molecular complexity index is 1040. The van der Waals surface area contributed by atoms with Gasteiger partial charge in [0.2, 0.25) is 15.9 Å². The third-order valence-corrected chi connectivity index (χ3v) is 7.73. The molecule has 0 aliphatic carbocycles. The number of halogens is 1. The van der Waals surface area contributed by atoms with E-state index in [2.05, 4.69) is 21.2 Å². The molecule has 0 aromatic heterocycles. The Morgan fingerprint density at radius 3 is 2.47 bits per heavy atom. The minimum absolute atomic E-state index is 0.131. The van der Waals surface area contributed by atoms with Gasteiger partial charge >= 0.3 is 5.97 Å². The standard InChI is InChI=1S/C23H27BrN2O5S/c1-2-3-15-31-23(28)17-6-10-20(11-7-17)25-22(27)18-5-4-14-26(16-18)32(29,30)21-12-8-19(24)9-13-21/h6-13,18H,2-5,14-16H2,1H3,(H,25,27)/t18-/m1/s1. The highest BCUT2D eigenvalue weighted by Gasteiger charge is 2.33. The van der Waals surface area contributed by atoms with Crippen molar-refractivity contribution < 1.29 is 22.7 Å². The number of nitrogens with one attached hydrogen (secondary N) is 1. The maximum Gasteiger partial charge on any atom is 0.338 e. The Hall–Kier alpha value is -2.23. The van der Waals surface area contributed by atoms with Crippen molar-refractivity contribution in [1.29, 1.82) is 0 Å². The summed E-state index contributed by atoms with van der Waals surface area (Å²) in [5.74, 6) is -1.08. The zero-order valence-electron chi connectivity index (χ0n) is 17.9. The van der Waals surface area contributed by atoms with Gasteiger partial charge in [0, 0.05) is 23.2 Å². The van der Waals surface area contributed by atoms with Crippen LogP contribution in [-0.2, 0) is 19.6 Å². The largest absolute Gasteiger partial charge is 0.462 e. The number of amides is 1. The van der Waals surface area contributed by atoms with E-state index in [4.69, 9.17) is 4.74 Å². The first-order valence-electron chi connectivity index (χ1n) is 10.6. The van der Waals surface area contributed by atoms with Crippen LogP contribution in [0.25, 0.3) is 0 Å². The number of sulfonamides is 1. The van der Waals surface area contributed by atoms with E-state index >= 15 is 0 Å². The lowest BCUT2D eigenvalue weighted by Crippen LogP contribution is -2.43. The smallest absolute Gasteiger partial charge is 0.338 e. The number of ether oxygens (including phenoxy) is 1. The summed E-state index contributed by atoms with van der Waals surface area (Å²) in [6.07, 6.45) is 2.98. The van der Waals surface area contributed by atoms with E-state index in [1.807, 2.05) is 6.92 Å². The number of benzene rings is 2. The highest BCUT2D eigenvalue weighted by Crippen LogP contribution is 2.26. The lowest BCUT2D eigenvalue weighted by Gasteiger charge is -2.31. The predicted octanol–water partition coefficient (Wildman–Crippen LogP) is 4.45. The molecule has 1 fully saturated rings. The van der Waals surface area contributed by atoms with Crippen LogP contribution in [0, 0.1) is 5.92 Å². The van der Waals surface area contributed by atoms with Crippen LogP contribution in [0.2, 0.25) is 0 Å². The van der Waals surface area contributed by atoms with Crippen LogP contribution in [0.3, 0.4) is 0 Å². The van der Waals surface area contributed by atoms with Gasteiger partial charge in [0.15, 0.2) is 0 Å². The molecule has 0 spiro atoms. The number of hydrogen-bond acceptors (Lipinski definition) is 5. The molecular formula is C23H27BrN2O5S. The molecule has 0 bridgehead atoms. The molecule has 1 heterocycles. The highest BCUT2D eigenvalue weighted by molar-refractivity contribution is 9.10. The second kappa shape index (κ2) is 11.1. The molecule has 1 saturated heterocycles. The second-order valence-electron chi connectivity index (χ2n) is 7.71. The molecule has 1 amide bonds. The number of carbonyl (C=O) groups is 2. The Kier molecular flexibility index (Phi) is 8.44. The molecule has 1 aliphatic heterocycles. The maximum atomic E-state index is 13.0. The van der Waals surface area contributed by atoms with E-state index in [-0.39, 0.29) is 17.3 Å². The van der Waals surface area contributed by atoms with Gasteiger partial charge in [0.1, 0.15) is 0 Å². The zero-order valence-corrected chi connectivity index (χ0v) is 20.3. The lowest BCUT2D eigenvalue weighted by atomic mass is 9.98. The molecule has 2 aromatic rings. The van der Waals surface area contributed by atoms with Gasteiger partial charge in [-0.2, -0.15) is 4.31 Å². The Morgan fingerprint density at radius 2 is 1.81 bits per heavy atom. The molecule has 32 heavy (non-hydrogen) atoms. The summed E-state index contributed by atoms with van der Waals surface area (Å²) in [6.45, 7) is 2.92. The first kappa shape index (κ1) is 24.4. The third kappa shape index (κ3) is 6.17. The van der Waals surface area contributed by atoms with Crippen molar-refractivity contribution in [3.63, 3.8) is 0 Å². The molecule has 3 rings (SSSR count). The van der Waals surface area contributed by atoms with Crippen LogP contribution in [0.5, 0.6) is 0 Å². The number of esters is 1. The van der Waals surface area contributed by atoms with Crippen LogP contribution >= 0.6 is 15.9 Å². The van der Waals surface area contributed by atoms with Crippen molar-refractivity contribution in [1.82, 2.24) is 4.31 Å². The van der Waals surface area contributed by atoms with Crippen molar-refractivity contribution in [2.24, 2.45) is 5.92 Å². The number of rotatable bonds is 8. The lowest BCUT2D eigenvalue weighted by molar-refractivity contribution is -0.120. The van der Waals surface area contributed by atoms with Crippen molar-refractivity contribution in [3.8, 4) is 0 Å². The highest BCUT2D eigenvalue weighted by atomic mass is 79.9. The fourth-order valence-electron chi connectivity index (χ4n) is 3.46. The van der Waals surface area contributed by atoms with Crippen LogP contribution in [-0.4, -0.2) is 44.3 Å². The molecule has 0 saturated carbocycles. The predicted molar refractivity (Wildman–Crippen MR) is 126 cm³/mol. The average molecular weight is 523 g/mol. The quantitative estimate of drug-likeness (QED) is 0.408. The molecule has 1 aliphatic rings. The van der Waals surface area contributed by atoms with E-state index in [1.165, 1.54) is 4.31 Å². The molecule has 172 valence electrons. The summed E-state index contributed by atoms with van der Waals surface area (Å²) >= 11 is 3.31. The molecule has 1 N–H and O–H groups in total. The fourth-order valence-corrected chi connectivity index (χ4v) is 5.25. The first-order chi connectivity index (χ1) is 15.3. The van der Waals surface area contributed by atoms with Gasteiger partial charge in [-0.1, -0.05) is 29.3 Å². The van der Waals surface area contributed by atoms with Crippen LogP contribution in [0.15, 0.2) is 57.9 Å². The first-order valence-corrected chi connectivity index (χ1v) is 12.9. The summed E-state index contributed by atoms with van der Waals surface area (Å²) in [4.78, 5) is 25.0. The second-order valence-corrected chi connectivity index (χ2v) is 10.6. The number of anilines is 1. The number of piperidine rings is 1. The molecule has 2 aromatic carbocycles. The summed E-state index contributed by atoms with van der Waals surface area (Å²) in [5.41, 5.74) is 0.969. The zero-order chi connectivity index (χ0) is 23.1. The van der Waals surface area contributed by atoms with Gasteiger partial charge in [0.25, 0.3) is 0 Å². The third-order valence-electron chi connectivity index (χ3n) is 5.33. The van der Waals surface area contributed by atoms with Crippen LogP contribution in [0.4, 0.5) is 5.69 Å². The van der Waals surface area contributed by atoms with E-state index in [0.29, 0.717) is 37.2 Å². The van der Waals surface area contributed by atoms with Crippen LogP contribution in [0.1, 0.15) is 43.0 Å². The SMILES string of the molecule is CCCCOC(=O)c1ccc(NC(=O)[C@@H]2CCCN(S(=O)(=O)c3ccc(Br)cc3)C2)cc1. The Labute approximate surface area is 197 Å².